The normalized spacial score (nSPS) is 22.4. The lowest BCUT2D eigenvalue weighted by Gasteiger charge is -2.30. The van der Waals surface area contributed by atoms with Gasteiger partial charge in [-0.1, -0.05) is 11.6 Å². The summed E-state index contributed by atoms with van der Waals surface area (Å²) in [6.45, 7) is 6.64. The van der Waals surface area contributed by atoms with Crippen LogP contribution in [0.4, 0.5) is 0 Å². The predicted molar refractivity (Wildman–Crippen MR) is 108 cm³/mol. The van der Waals surface area contributed by atoms with Gasteiger partial charge in [0.1, 0.15) is 0 Å². The number of ether oxygens (including phenoxy) is 2. The first-order valence-corrected chi connectivity index (χ1v) is 10.4. The number of quaternary nitrogens is 1. The summed E-state index contributed by atoms with van der Waals surface area (Å²) in [5, 5.41) is 3.47. The molecule has 2 aliphatic heterocycles. The molecule has 0 aliphatic carbocycles. The predicted octanol–water partition coefficient (Wildman–Crippen LogP) is 2.48. The Labute approximate surface area is 166 Å². The summed E-state index contributed by atoms with van der Waals surface area (Å²) in [6.07, 6.45) is 9.15. The van der Waals surface area contributed by atoms with E-state index in [4.69, 9.17) is 21.1 Å². The lowest BCUT2D eigenvalue weighted by Crippen LogP contribution is -3.16. The molecule has 0 spiro atoms. The van der Waals surface area contributed by atoms with E-state index in [2.05, 4.69) is 12.2 Å². The second kappa shape index (κ2) is 10.00. The smallest absolute Gasteiger partial charge is 0.244 e. The second-order valence-electron chi connectivity index (χ2n) is 7.41. The third-order valence-corrected chi connectivity index (χ3v) is 5.59. The van der Waals surface area contributed by atoms with Gasteiger partial charge in [0.15, 0.2) is 11.5 Å². The number of hydrogen-bond donors (Lipinski definition) is 2. The van der Waals surface area contributed by atoms with Gasteiger partial charge in [-0.15, -0.1) is 0 Å². The van der Waals surface area contributed by atoms with Crippen molar-refractivity contribution in [1.29, 1.82) is 0 Å². The Morgan fingerprint density at radius 3 is 3.00 bits per heavy atom. The number of carbonyl (C=O) groups excluding carboxylic acids is 1. The maximum Gasteiger partial charge on any atom is 0.244 e. The highest BCUT2D eigenvalue weighted by Gasteiger charge is 2.20. The molecular weight excluding hydrogens is 364 g/mol. The lowest BCUT2D eigenvalue weighted by atomic mass is 10.0. The standard InChI is InChI=1S/C21H29ClN2O3/c1-16-6-2-3-10-24(16)11-4-9-23-20(25)8-7-17-14-18(22)21-19(15-17)26-12-5-13-27-21/h7-8,14-16H,2-6,9-13H2,1H3,(H,23,25)/p+1/b8-7+/t16-/m0/s1. The number of rotatable bonds is 6. The van der Waals surface area contributed by atoms with Crippen LogP contribution >= 0.6 is 11.6 Å². The Bertz CT molecular complexity index is 678. The molecule has 2 aliphatic rings. The highest BCUT2D eigenvalue weighted by molar-refractivity contribution is 6.32. The van der Waals surface area contributed by atoms with Crippen LogP contribution in [0.15, 0.2) is 18.2 Å². The molecule has 0 radical (unpaired) electrons. The number of amides is 1. The second-order valence-corrected chi connectivity index (χ2v) is 7.82. The molecule has 148 valence electrons. The summed E-state index contributed by atoms with van der Waals surface area (Å²) < 4.78 is 11.3. The molecule has 1 fully saturated rings. The van der Waals surface area contributed by atoms with Gasteiger partial charge in [-0.05, 0) is 50.0 Å². The van der Waals surface area contributed by atoms with Crippen LogP contribution in [0.2, 0.25) is 5.02 Å². The molecule has 0 saturated carbocycles. The zero-order chi connectivity index (χ0) is 19.1. The van der Waals surface area contributed by atoms with E-state index in [9.17, 15) is 4.79 Å². The maximum absolute atomic E-state index is 12.1. The van der Waals surface area contributed by atoms with Crippen LogP contribution < -0.4 is 19.7 Å². The van der Waals surface area contributed by atoms with Gasteiger partial charge in [0.2, 0.25) is 5.91 Å². The van der Waals surface area contributed by atoms with E-state index in [0.29, 0.717) is 36.3 Å². The minimum atomic E-state index is -0.0834. The van der Waals surface area contributed by atoms with Crippen LogP contribution in [-0.4, -0.2) is 44.8 Å². The molecule has 5 nitrogen and oxygen atoms in total. The third-order valence-electron chi connectivity index (χ3n) is 5.31. The molecule has 6 heteroatoms. The number of nitrogens with one attached hydrogen (secondary N) is 2. The van der Waals surface area contributed by atoms with E-state index in [0.717, 1.165) is 31.0 Å². The van der Waals surface area contributed by atoms with Gasteiger partial charge in [0, 0.05) is 25.5 Å². The number of halogens is 1. The summed E-state index contributed by atoms with van der Waals surface area (Å²) in [7, 11) is 0. The van der Waals surface area contributed by atoms with Crippen LogP contribution in [0.25, 0.3) is 6.08 Å². The Balaban J connectivity index is 1.45. The van der Waals surface area contributed by atoms with Crippen molar-refractivity contribution in [3.8, 4) is 11.5 Å². The van der Waals surface area contributed by atoms with Crippen LogP contribution in [0.3, 0.4) is 0 Å². The minimum Gasteiger partial charge on any atom is -0.489 e. The molecular formula is C21H30ClN2O3+. The summed E-state index contributed by atoms with van der Waals surface area (Å²) in [5.41, 5.74) is 0.825. The Morgan fingerprint density at radius 1 is 1.30 bits per heavy atom. The van der Waals surface area contributed by atoms with Crippen molar-refractivity contribution >= 4 is 23.6 Å². The minimum absolute atomic E-state index is 0.0834. The van der Waals surface area contributed by atoms with Gasteiger partial charge >= 0.3 is 0 Å². The topological polar surface area (TPSA) is 52.0 Å². The summed E-state index contributed by atoms with van der Waals surface area (Å²) in [5.74, 6) is 1.14. The van der Waals surface area contributed by atoms with Crippen molar-refractivity contribution in [3.05, 3.63) is 28.8 Å². The molecule has 1 aromatic carbocycles. The van der Waals surface area contributed by atoms with Gasteiger partial charge in [-0.3, -0.25) is 4.79 Å². The van der Waals surface area contributed by atoms with Crippen LogP contribution in [0.1, 0.15) is 44.6 Å². The Kier molecular flexibility index (Phi) is 7.41. The lowest BCUT2D eigenvalue weighted by molar-refractivity contribution is -0.928. The molecule has 0 bridgehead atoms. The van der Waals surface area contributed by atoms with E-state index >= 15 is 0 Å². The first-order valence-electron chi connectivity index (χ1n) is 10.0. The first kappa shape index (κ1) is 20.0. The van der Waals surface area contributed by atoms with Gasteiger partial charge in [-0.25, -0.2) is 0 Å². The van der Waals surface area contributed by atoms with Crippen LogP contribution in [0, 0.1) is 0 Å². The molecule has 2 N–H and O–H groups in total. The molecule has 1 amide bonds. The molecule has 3 rings (SSSR count). The molecule has 1 aromatic rings. The molecule has 1 unspecified atom stereocenters. The summed E-state index contributed by atoms with van der Waals surface area (Å²) in [4.78, 5) is 13.7. The largest absolute Gasteiger partial charge is 0.489 e. The average Bonchev–Trinajstić information content (AvgIpc) is 2.91. The molecule has 27 heavy (non-hydrogen) atoms. The van der Waals surface area contributed by atoms with Crippen molar-refractivity contribution < 1.29 is 19.2 Å². The highest BCUT2D eigenvalue weighted by Crippen LogP contribution is 2.38. The number of hydrogen-bond acceptors (Lipinski definition) is 3. The van der Waals surface area contributed by atoms with E-state index < -0.39 is 0 Å². The monoisotopic (exact) mass is 393 g/mol. The maximum atomic E-state index is 12.1. The fraction of sp³-hybridized carbons (Fsp3) is 0.571. The SMILES string of the molecule is C[C@H]1CCCC[NH+]1CCCNC(=O)/C=C/c1cc(Cl)c2c(c1)OCCCO2. The van der Waals surface area contributed by atoms with E-state index in [-0.39, 0.29) is 5.91 Å². The number of likely N-dealkylation sites (tertiary alicyclic amines) is 1. The van der Waals surface area contributed by atoms with Crippen LogP contribution in [0.5, 0.6) is 11.5 Å². The van der Waals surface area contributed by atoms with E-state index in [1.165, 1.54) is 25.8 Å². The first-order chi connectivity index (χ1) is 13.1. The van der Waals surface area contributed by atoms with Crippen molar-refractivity contribution in [1.82, 2.24) is 5.32 Å². The molecule has 0 aromatic heterocycles. The van der Waals surface area contributed by atoms with Crippen molar-refractivity contribution in [2.75, 3.05) is 32.8 Å². The average molecular weight is 394 g/mol. The Hall–Kier alpha value is -1.72. The van der Waals surface area contributed by atoms with Gasteiger partial charge < -0.3 is 19.7 Å². The zero-order valence-corrected chi connectivity index (χ0v) is 16.8. The third kappa shape index (κ3) is 5.88. The molecule has 2 heterocycles. The summed E-state index contributed by atoms with van der Waals surface area (Å²) in [6, 6.07) is 4.40. The van der Waals surface area contributed by atoms with Crippen molar-refractivity contribution in [3.63, 3.8) is 0 Å². The fourth-order valence-electron chi connectivity index (χ4n) is 3.73. The van der Waals surface area contributed by atoms with Gasteiger partial charge in [-0.2, -0.15) is 0 Å². The number of carbonyl (C=O) groups is 1. The van der Waals surface area contributed by atoms with Gasteiger partial charge in [0.25, 0.3) is 0 Å². The molecule has 2 atom stereocenters. The number of fused-ring (bicyclic) bond motifs is 1. The highest BCUT2D eigenvalue weighted by atomic mass is 35.5. The molecule has 1 saturated heterocycles. The number of piperidine rings is 1. The van der Waals surface area contributed by atoms with Crippen molar-refractivity contribution in [2.45, 2.75) is 45.1 Å². The fourth-order valence-corrected chi connectivity index (χ4v) is 4.00. The van der Waals surface area contributed by atoms with Crippen LogP contribution in [-0.2, 0) is 4.79 Å². The Morgan fingerprint density at radius 2 is 2.15 bits per heavy atom. The van der Waals surface area contributed by atoms with Gasteiger partial charge in [0.05, 0.1) is 37.4 Å². The summed E-state index contributed by atoms with van der Waals surface area (Å²) >= 11 is 6.28. The van der Waals surface area contributed by atoms with E-state index in [1.807, 2.05) is 6.07 Å². The quantitative estimate of drug-likeness (QED) is 0.576. The van der Waals surface area contributed by atoms with Crippen molar-refractivity contribution in [2.24, 2.45) is 0 Å². The van der Waals surface area contributed by atoms with E-state index in [1.54, 1.807) is 23.1 Å². The number of benzene rings is 1. The zero-order valence-electron chi connectivity index (χ0n) is 16.1.